The highest BCUT2D eigenvalue weighted by atomic mass is 16.6. The molecule has 0 bridgehead atoms. The largest absolute Gasteiger partial charge is 0.493 e. The van der Waals surface area contributed by atoms with E-state index in [-0.39, 0.29) is 24.3 Å². The van der Waals surface area contributed by atoms with Gasteiger partial charge >= 0.3 is 5.97 Å². The maximum Gasteiger partial charge on any atom is 0.303 e. The minimum absolute atomic E-state index is 0.0209. The second kappa shape index (κ2) is 6.85. The number of nitrogens with zero attached hydrogens (tertiary/aromatic N) is 1. The van der Waals surface area contributed by atoms with E-state index in [1.165, 1.54) is 19.1 Å². The molecule has 0 aliphatic rings. The summed E-state index contributed by atoms with van der Waals surface area (Å²) in [7, 11) is 0. The standard InChI is InChI=1S/C13H17NO6/c1-8-6-10(9(2)15)11(14(18)19)7-12(8)20-5-3-4-13(16)17/h6-7,9,15H,3-5H2,1-2H3,(H,16,17). The minimum atomic E-state index is -0.949. The number of aliphatic hydroxyl groups is 1. The number of hydrogen-bond acceptors (Lipinski definition) is 5. The number of aryl methyl sites for hydroxylation is 1. The number of benzene rings is 1. The van der Waals surface area contributed by atoms with Crippen LogP contribution >= 0.6 is 0 Å². The van der Waals surface area contributed by atoms with Gasteiger partial charge in [0.15, 0.2) is 0 Å². The lowest BCUT2D eigenvalue weighted by Gasteiger charge is -2.12. The number of nitro groups is 1. The molecule has 0 radical (unpaired) electrons. The van der Waals surface area contributed by atoms with E-state index in [0.29, 0.717) is 17.7 Å². The Morgan fingerprint density at radius 3 is 2.65 bits per heavy atom. The fourth-order valence-electron chi connectivity index (χ4n) is 1.75. The first kappa shape index (κ1) is 15.9. The molecule has 7 heteroatoms. The summed E-state index contributed by atoms with van der Waals surface area (Å²) in [6.07, 6.45) is -0.650. The maximum atomic E-state index is 11.0. The van der Waals surface area contributed by atoms with Crippen LogP contribution in [-0.4, -0.2) is 27.7 Å². The van der Waals surface area contributed by atoms with Crippen LogP contribution in [0.5, 0.6) is 5.75 Å². The van der Waals surface area contributed by atoms with Crippen molar-refractivity contribution in [3.8, 4) is 5.75 Å². The van der Waals surface area contributed by atoms with E-state index in [1.54, 1.807) is 6.92 Å². The molecule has 1 aromatic rings. The van der Waals surface area contributed by atoms with Crippen molar-refractivity contribution < 1.29 is 24.7 Å². The SMILES string of the molecule is Cc1cc(C(C)O)c([N+](=O)[O-])cc1OCCCC(=O)O. The molecule has 0 aromatic heterocycles. The van der Waals surface area contributed by atoms with Gasteiger partial charge in [-0.1, -0.05) is 0 Å². The van der Waals surface area contributed by atoms with Crippen molar-refractivity contribution in [2.75, 3.05) is 6.61 Å². The molecule has 1 unspecified atom stereocenters. The minimum Gasteiger partial charge on any atom is -0.493 e. The third-order valence-electron chi connectivity index (χ3n) is 2.76. The number of nitro benzene ring substituents is 1. The number of hydrogen-bond donors (Lipinski definition) is 2. The third-order valence-corrected chi connectivity index (χ3v) is 2.76. The van der Waals surface area contributed by atoms with Crippen LogP contribution in [0.3, 0.4) is 0 Å². The van der Waals surface area contributed by atoms with Crippen LogP contribution in [0.1, 0.15) is 37.0 Å². The van der Waals surface area contributed by atoms with Gasteiger partial charge in [-0.2, -0.15) is 0 Å². The van der Waals surface area contributed by atoms with Crippen LogP contribution in [0.15, 0.2) is 12.1 Å². The van der Waals surface area contributed by atoms with Crippen molar-refractivity contribution in [1.29, 1.82) is 0 Å². The van der Waals surface area contributed by atoms with Crippen LogP contribution in [0.4, 0.5) is 5.69 Å². The quantitative estimate of drug-likeness (QED) is 0.451. The number of carboxylic acid groups (broad SMARTS) is 1. The van der Waals surface area contributed by atoms with Gasteiger partial charge in [0.2, 0.25) is 0 Å². The fraction of sp³-hybridized carbons (Fsp3) is 0.462. The lowest BCUT2D eigenvalue weighted by molar-refractivity contribution is -0.386. The Morgan fingerprint density at radius 2 is 2.15 bits per heavy atom. The zero-order valence-corrected chi connectivity index (χ0v) is 11.3. The summed E-state index contributed by atoms with van der Waals surface area (Å²) >= 11 is 0. The summed E-state index contributed by atoms with van der Waals surface area (Å²) in [6.45, 7) is 3.33. The van der Waals surface area contributed by atoms with Gasteiger partial charge in [0, 0.05) is 6.42 Å². The lowest BCUT2D eigenvalue weighted by Crippen LogP contribution is -2.05. The van der Waals surface area contributed by atoms with Gasteiger partial charge in [-0.15, -0.1) is 0 Å². The van der Waals surface area contributed by atoms with Crippen molar-refractivity contribution in [2.45, 2.75) is 32.8 Å². The molecule has 110 valence electrons. The number of carbonyl (C=O) groups is 1. The van der Waals surface area contributed by atoms with Crippen LogP contribution in [0, 0.1) is 17.0 Å². The van der Waals surface area contributed by atoms with Crippen molar-refractivity contribution in [3.05, 3.63) is 33.4 Å². The summed E-state index contributed by atoms with van der Waals surface area (Å²) in [6, 6.07) is 2.77. The summed E-state index contributed by atoms with van der Waals surface area (Å²) in [5, 5.41) is 29.0. The Kier molecular flexibility index (Phi) is 5.45. The molecule has 0 fully saturated rings. The smallest absolute Gasteiger partial charge is 0.303 e. The van der Waals surface area contributed by atoms with Crippen LogP contribution in [0.2, 0.25) is 0 Å². The van der Waals surface area contributed by atoms with Gasteiger partial charge in [-0.3, -0.25) is 14.9 Å². The molecule has 0 saturated carbocycles. The summed E-state index contributed by atoms with van der Waals surface area (Å²) in [4.78, 5) is 20.8. The molecule has 1 aromatic carbocycles. The molecule has 7 nitrogen and oxygen atoms in total. The highest BCUT2D eigenvalue weighted by molar-refractivity contribution is 5.66. The van der Waals surface area contributed by atoms with Gasteiger partial charge in [0.05, 0.1) is 29.3 Å². The van der Waals surface area contributed by atoms with Crippen LogP contribution in [0.25, 0.3) is 0 Å². The third kappa shape index (κ3) is 4.20. The number of aliphatic carboxylic acids is 1. The number of ether oxygens (including phenoxy) is 1. The Morgan fingerprint density at radius 1 is 1.50 bits per heavy atom. The molecule has 1 atom stereocenters. The van der Waals surface area contributed by atoms with Gasteiger partial charge in [-0.05, 0) is 31.9 Å². The molecule has 0 amide bonds. The summed E-state index contributed by atoms with van der Waals surface area (Å²) < 4.78 is 5.36. The Bertz CT molecular complexity index is 512. The van der Waals surface area contributed by atoms with Gasteiger partial charge in [0.1, 0.15) is 5.75 Å². The predicted octanol–water partition coefficient (Wildman–Crippen LogP) is 2.20. The van der Waals surface area contributed by atoms with Crippen LogP contribution < -0.4 is 4.74 Å². The second-order valence-electron chi connectivity index (χ2n) is 4.46. The normalized spacial score (nSPS) is 11.9. The Hall–Kier alpha value is -2.15. The van der Waals surface area contributed by atoms with E-state index in [0.717, 1.165) is 0 Å². The molecule has 1 rings (SSSR count). The van der Waals surface area contributed by atoms with E-state index in [1.807, 2.05) is 0 Å². The van der Waals surface area contributed by atoms with Crippen molar-refractivity contribution in [1.82, 2.24) is 0 Å². The topological polar surface area (TPSA) is 110 Å². The lowest BCUT2D eigenvalue weighted by atomic mass is 10.0. The Balaban J connectivity index is 2.89. The molecule has 0 saturated heterocycles. The molecule has 0 aliphatic heterocycles. The van der Waals surface area contributed by atoms with Gasteiger partial charge < -0.3 is 14.9 Å². The average Bonchev–Trinajstić information content (AvgIpc) is 2.34. The van der Waals surface area contributed by atoms with E-state index < -0.39 is 17.0 Å². The monoisotopic (exact) mass is 283 g/mol. The first-order valence-corrected chi connectivity index (χ1v) is 6.14. The molecular weight excluding hydrogens is 266 g/mol. The zero-order valence-electron chi connectivity index (χ0n) is 11.3. The molecule has 2 N–H and O–H groups in total. The maximum absolute atomic E-state index is 11.0. The van der Waals surface area contributed by atoms with Crippen molar-refractivity contribution in [3.63, 3.8) is 0 Å². The number of rotatable bonds is 7. The highest BCUT2D eigenvalue weighted by Crippen LogP contribution is 2.32. The molecule has 0 aliphatic carbocycles. The van der Waals surface area contributed by atoms with Crippen LogP contribution in [-0.2, 0) is 4.79 Å². The molecule has 20 heavy (non-hydrogen) atoms. The second-order valence-corrected chi connectivity index (χ2v) is 4.46. The van der Waals surface area contributed by atoms with E-state index in [9.17, 15) is 20.0 Å². The summed E-state index contributed by atoms with van der Waals surface area (Å²) in [5.74, 6) is -0.591. The average molecular weight is 283 g/mol. The van der Waals surface area contributed by atoms with E-state index in [4.69, 9.17) is 9.84 Å². The number of aliphatic hydroxyl groups excluding tert-OH is 1. The first-order chi connectivity index (χ1) is 9.32. The van der Waals surface area contributed by atoms with E-state index >= 15 is 0 Å². The van der Waals surface area contributed by atoms with Crippen molar-refractivity contribution >= 4 is 11.7 Å². The van der Waals surface area contributed by atoms with E-state index in [2.05, 4.69) is 0 Å². The highest BCUT2D eigenvalue weighted by Gasteiger charge is 2.20. The molecule has 0 spiro atoms. The first-order valence-electron chi connectivity index (χ1n) is 6.14. The zero-order chi connectivity index (χ0) is 15.3. The Labute approximate surface area is 116 Å². The van der Waals surface area contributed by atoms with Gasteiger partial charge in [-0.25, -0.2) is 0 Å². The number of carboxylic acids is 1. The predicted molar refractivity (Wildman–Crippen MR) is 70.8 cm³/mol. The molecule has 0 heterocycles. The van der Waals surface area contributed by atoms with Gasteiger partial charge in [0.25, 0.3) is 5.69 Å². The van der Waals surface area contributed by atoms with Crippen molar-refractivity contribution in [2.24, 2.45) is 0 Å². The molecular formula is C13H17NO6. The summed E-state index contributed by atoms with van der Waals surface area (Å²) in [5.41, 5.74) is 0.672. The fourth-order valence-corrected chi connectivity index (χ4v) is 1.75.